The van der Waals surface area contributed by atoms with Crippen LogP contribution in [0.3, 0.4) is 0 Å². The van der Waals surface area contributed by atoms with Crippen molar-refractivity contribution < 1.29 is 9.59 Å². The Balaban J connectivity index is 1.99. The molecule has 0 aliphatic heterocycles. The lowest BCUT2D eigenvalue weighted by molar-refractivity contribution is -0.143. The molecule has 0 unspecified atom stereocenters. The number of aromatic nitrogens is 3. The van der Waals surface area contributed by atoms with Gasteiger partial charge in [-0.15, -0.1) is 0 Å². The third-order valence-corrected chi connectivity index (χ3v) is 2.73. The van der Waals surface area contributed by atoms with Crippen LogP contribution in [0.1, 0.15) is 12.5 Å². The average molecular weight is 273 g/mol. The molecule has 0 atom stereocenters. The number of nitrogens with zero attached hydrogens (tertiary/aromatic N) is 3. The van der Waals surface area contributed by atoms with Crippen LogP contribution >= 0.6 is 0 Å². The van der Waals surface area contributed by atoms with E-state index in [9.17, 15) is 9.59 Å². The van der Waals surface area contributed by atoms with Gasteiger partial charge in [-0.05, 0) is 12.5 Å². The summed E-state index contributed by atoms with van der Waals surface area (Å²) in [5, 5.41) is 8.42. The van der Waals surface area contributed by atoms with Gasteiger partial charge in [-0.25, -0.2) is 5.10 Å². The fourth-order valence-electron chi connectivity index (χ4n) is 1.70. The highest BCUT2D eigenvalue weighted by molar-refractivity contribution is 6.39. The summed E-state index contributed by atoms with van der Waals surface area (Å²) >= 11 is 0. The van der Waals surface area contributed by atoms with Crippen molar-refractivity contribution in [2.45, 2.75) is 13.5 Å². The predicted octanol–water partition coefficient (Wildman–Crippen LogP) is 0.792. The molecule has 7 nitrogen and oxygen atoms in total. The first-order valence-electron chi connectivity index (χ1n) is 6.20. The summed E-state index contributed by atoms with van der Waals surface area (Å²) in [6, 6.07) is 9.50. The van der Waals surface area contributed by atoms with Crippen molar-refractivity contribution >= 4 is 17.8 Å². The monoisotopic (exact) mass is 273 g/mol. The van der Waals surface area contributed by atoms with E-state index >= 15 is 0 Å². The van der Waals surface area contributed by atoms with Gasteiger partial charge in [0.1, 0.15) is 6.33 Å². The van der Waals surface area contributed by atoms with Crippen LogP contribution < -0.4 is 5.32 Å². The Hall–Kier alpha value is -2.70. The van der Waals surface area contributed by atoms with Crippen molar-refractivity contribution in [2.75, 3.05) is 11.9 Å². The zero-order chi connectivity index (χ0) is 14.4. The van der Waals surface area contributed by atoms with Crippen molar-refractivity contribution in [3.63, 3.8) is 0 Å². The standard InChI is InChI=1S/C13H15N5O2/c1-2-18(8-10-6-4-3-5-7-10)12(20)11(19)16-13-14-9-15-17-13/h3-7,9H,2,8H2,1H3,(H2,14,15,16,17,19). The van der Waals surface area contributed by atoms with Crippen LogP contribution in [-0.2, 0) is 16.1 Å². The number of aromatic amines is 1. The highest BCUT2D eigenvalue weighted by Crippen LogP contribution is 2.05. The summed E-state index contributed by atoms with van der Waals surface area (Å²) in [5.41, 5.74) is 0.968. The third-order valence-electron chi connectivity index (χ3n) is 2.73. The van der Waals surface area contributed by atoms with Crippen molar-refractivity contribution in [1.82, 2.24) is 20.1 Å². The summed E-state index contributed by atoms with van der Waals surface area (Å²) in [6.45, 7) is 2.65. The molecule has 0 bridgehead atoms. The predicted molar refractivity (Wildman–Crippen MR) is 72.5 cm³/mol. The molecule has 1 heterocycles. The summed E-state index contributed by atoms with van der Waals surface area (Å²) in [4.78, 5) is 29.1. The van der Waals surface area contributed by atoms with Crippen molar-refractivity contribution in [3.8, 4) is 0 Å². The first-order valence-corrected chi connectivity index (χ1v) is 6.20. The van der Waals surface area contributed by atoms with E-state index < -0.39 is 11.8 Å². The molecule has 2 rings (SSSR count). The number of amides is 2. The van der Waals surface area contributed by atoms with Crippen LogP contribution in [-0.4, -0.2) is 38.4 Å². The quantitative estimate of drug-likeness (QED) is 0.806. The molecule has 0 radical (unpaired) electrons. The molecule has 2 amide bonds. The highest BCUT2D eigenvalue weighted by Gasteiger charge is 2.21. The molecule has 0 spiro atoms. The van der Waals surface area contributed by atoms with E-state index in [1.807, 2.05) is 37.3 Å². The summed E-state index contributed by atoms with van der Waals surface area (Å²) < 4.78 is 0. The van der Waals surface area contributed by atoms with Gasteiger partial charge in [0.05, 0.1) is 0 Å². The molecule has 7 heteroatoms. The molecule has 2 aromatic rings. The van der Waals surface area contributed by atoms with Gasteiger partial charge < -0.3 is 4.90 Å². The number of carbonyl (C=O) groups excluding carboxylic acids is 2. The number of rotatable bonds is 4. The number of hydrogen-bond donors (Lipinski definition) is 2. The number of carbonyl (C=O) groups is 2. The minimum atomic E-state index is -0.737. The molecule has 1 aromatic heterocycles. The van der Waals surface area contributed by atoms with Gasteiger partial charge in [-0.3, -0.25) is 14.9 Å². The molecule has 0 fully saturated rings. The zero-order valence-electron chi connectivity index (χ0n) is 11.0. The fourth-order valence-corrected chi connectivity index (χ4v) is 1.70. The first kappa shape index (κ1) is 13.7. The van der Waals surface area contributed by atoms with Crippen molar-refractivity contribution in [1.29, 1.82) is 0 Å². The SMILES string of the molecule is CCN(Cc1ccccc1)C(=O)C(=O)Nc1ncn[nH]1. The van der Waals surface area contributed by atoms with E-state index in [0.29, 0.717) is 13.1 Å². The molecular weight excluding hydrogens is 258 g/mol. The Morgan fingerprint density at radius 1 is 1.30 bits per heavy atom. The number of hydrogen-bond acceptors (Lipinski definition) is 4. The van der Waals surface area contributed by atoms with Gasteiger partial charge in [-0.2, -0.15) is 10.1 Å². The minimum Gasteiger partial charge on any atom is -0.330 e. The molecule has 0 aliphatic carbocycles. The van der Waals surface area contributed by atoms with E-state index in [4.69, 9.17) is 0 Å². The van der Waals surface area contributed by atoms with E-state index in [1.54, 1.807) is 0 Å². The Morgan fingerprint density at radius 2 is 2.05 bits per heavy atom. The maximum absolute atomic E-state index is 12.1. The van der Waals surface area contributed by atoms with Crippen LogP contribution in [0.15, 0.2) is 36.7 Å². The van der Waals surface area contributed by atoms with Gasteiger partial charge >= 0.3 is 11.8 Å². The van der Waals surface area contributed by atoms with Crippen molar-refractivity contribution in [2.24, 2.45) is 0 Å². The Kier molecular flexibility index (Phi) is 4.43. The highest BCUT2D eigenvalue weighted by atomic mass is 16.2. The lowest BCUT2D eigenvalue weighted by atomic mass is 10.2. The molecule has 0 aliphatic rings. The van der Waals surface area contributed by atoms with Gasteiger partial charge in [0.15, 0.2) is 0 Å². The maximum atomic E-state index is 12.1. The van der Waals surface area contributed by atoms with E-state index in [2.05, 4.69) is 20.5 Å². The number of likely N-dealkylation sites (N-methyl/N-ethyl adjacent to an activating group) is 1. The Morgan fingerprint density at radius 3 is 2.65 bits per heavy atom. The van der Waals surface area contributed by atoms with Gasteiger partial charge in [0, 0.05) is 13.1 Å². The van der Waals surface area contributed by atoms with E-state index in [0.717, 1.165) is 5.56 Å². The first-order chi connectivity index (χ1) is 9.70. The van der Waals surface area contributed by atoms with Crippen LogP contribution in [0.5, 0.6) is 0 Å². The van der Waals surface area contributed by atoms with Crippen LogP contribution in [0.25, 0.3) is 0 Å². The molecule has 2 N–H and O–H groups in total. The topological polar surface area (TPSA) is 91.0 Å². The summed E-state index contributed by atoms with van der Waals surface area (Å²) in [6.07, 6.45) is 1.25. The van der Waals surface area contributed by atoms with E-state index in [1.165, 1.54) is 11.2 Å². The molecule has 0 saturated carbocycles. The Bertz CT molecular complexity index is 568. The molecular formula is C13H15N5O2. The molecule has 1 aromatic carbocycles. The molecule has 0 saturated heterocycles. The van der Waals surface area contributed by atoms with Crippen LogP contribution in [0.4, 0.5) is 5.95 Å². The van der Waals surface area contributed by atoms with Crippen LogP contribution in [0, 0.1) is 0 Å². The van der Waals surface area contributed by atoms with Gasteiger partial charge in [0.2, 0.25) is 5.95 Å². The second kappa shape index (κ2) is 6.46. The maximum Gasteiger partial charge on any atom is 0.316 e. The second-order valence-electron chi connectivity index (χ2n) is 4.09. The number of nitrogens with one attached hydrogen (secondary N) is 2. The van der Waals surface area contributed by atoms with Crippen LogP contribution in [0.2, 0.25) is 0 Å². The largest absolute Gasteiger partial charge is 0.330 e. The molecule has 20 heavy (non-hydrogen) atoms. The summed E-state index contributed by atoms with van der Waals surface area (Å²) in [5.74, 6) is -1.19. The lowest BCUT2D eigenvalue weighted by Gasteiger charge is -2.19. The van der Waals surface area contributed by atoms with Crippen molar-refractivity contribution in [3.05, 3.63) is 42.2 Å². The normalized spacial score (nSPS) is 10.1. The number of H-pyrrole nitrogens is 1. The molecule has 104 valence electrons. The lowest BCUT2D eigenvalue weighted by Crippen LogP contribution is -2.39. The van der Waals surface area contributed by atoms with E-state index in [-0.39, 0.29) is 5.95 Å². The summed E-state index contributed by atoms with van der Waals surface area (Å²) in [7, 11) is 0. The van der Waals surface area contributed by atoms with Gasteiger partial charge in [-0.1, -0.05) is 30.3 Å². The Labute approximate surface area is 116 Å². The number of anilines is 1. The zero-order valence-corrected chi connectivity index (χ0v) is 11.0. The minimum absolute atomic E-state index is 0.152. The third kappa shape index (κ3) is 3.41. The smallest absolute Gasteiger partial charge is 0.316 e. The average Bonchev–Trinajstić information content (AvgIpc) is 2.98. The number of benzene rings is 1. The second-order valence-corrected chi connectivity index (χ2v) is 4.09. The fraction of sp³-hybridized carbons (Fsp3) is 0.231. The van der Waals surface area contributed by atoms with Gasteiger partial charge in [0.25, 0.3) is 0 Å².